The minimum Gasteiger partial charge on any atom is -0.408 e. The van der Waals surface area contributed by atoms with Crippen molar-refractivity contribution in [2.75, 3.05) is 6.54 Å². The first-order chi connectivity index (χ1) is 11.1. The van der Waals surface area contributed by atoms with Gasteiger partial charge >= 0.3 is 5.76 Å². The van der Waals surface area contributed by atoms with Crippen LogP contribution < -0.4 is 5.76 Å². The van der Waals surface area contributed by atoms with Gasteiger partial charge in [-0.15, -0.1) is 0 Å². The minimum atomic E-state index is -3.55. The molecule has 1 aromatic carbocycles. The molecule has 2 aliphatic rings. The van der Waals surface area contributed by atoms with Crippen LogP contribution in [0.1, 0.15) is 38.5 Å². The zero-order valence-electron chi connectivity index (χ0n) is 12.8. The van der Waals surface area contributed by atoms with Gasteiger partial charge in [-0.2, -0.15) is 4.31 Å². The fourth-order valence-corrected chi connectivity index (χ4v) is 5.87. The van der Waals surface area contributed by atoms with Gasteiger partial charge in [0.25, 0.3) is 0 Å². The number of fused-ring (bicyclic) bond motifs is 1. The Morgan fingerprint density at radius 2 is 1.91 bits per heavy atom. The molecule has 1 N–H and O–H groups in total. The van der Waals surface area contributed by atoms with Crippen molar-refractivity contribution in [3.63, 3.8) is 0 Å². The molecule has 0 bridgehead atoms. The normalized spacial score (nSPS) is 23.9. The van der Waals surface area contributed by atoms with E-state index < -0.39 is 15.8 Å². The summed E-state index contributed by atoms with van der Waals surface area (Å²) in [5.74, 6) is -0.0826. The molecule has 1 aromatic heterocycles. The maximum absolute atomic E-state index is 13.0. The van der Waals surface area contributed by atoms with E-state index in [1.807, 2.05) is 0 Å². The number of nitrogens with zero attached hydrogens (tertiary/aromatic N) is 1. The molecule has 2 aromatic rings. The summed E-state index contributed by atoms with van der Waals surface area (Å²) in [5, 5.41) is 0. The van der Waals surface area contributed by atoms with E-state index in [0.29, 0.717) is 18.0 Å². The number of benzene rings is 1. The fourth-order valence-electron chi connectivity index (χ4n) is 4.10. The van der Waals surface area contributed by atoms with Crippen molar-refractivity contribution >= 4 is 21.1 Å². The lowest BCUT2D eigenvalue weighted by Gasteiger charge is -2.28. The van der Waals surface area contributed by atoms with E-state index in [-0.39, 0.29) is 16.5 Å². The molecule has 0 amide bonds. The lowest BCUT2D eigenvalue weighted by atomic mass is 9.97. The third-order valence-electron chi connectivity index (χ3n) is 5.19. The topological polar surface area (TPSA) is 83.4 Å². The quantitative estimate of drug-likeness (QED) is 0.933. The molecule has 0 spiro atoms. The standard InChI is InChI=1S/C16H20N2O4S/c19-16-17-13-8-7-12(10-15(13)22-16)23(20,21)18-9-3-6-14(18)11-4-1-2-5-11/h7-8,10-11,14H,1-6,9H2,(H,17,19). The van der Waals surface area contributed by atoms with E-state index >= 15 is 0 Å². The molecule has 1 saturated carbocycles. The molecule has 1 atom stereocenters. The average Bonchev–Trinajstić information content (AvgIpc) is 3.25. The highest BCUT2D eigenvalue weighted by molar-refractivity contribution is 7.89. The highest BCUT2D eigenvalue weighted by Crippen LogP contribution is 2.38. The van der Waals surface area contributed by atoms with Gasteiger partial charge in [0.2, 0.25) is 10.0 Å². The molecular formula is C16H20N2O4S. The molecule has 2 heterocycles. The summed E-state index contributed by atoms with van der Waals surface area (Å²) in [5.41, 5.74) is 0.801. The number of sulfonamides is 1. The number of aromatic amines is 1. The van der Waals surface area contributed by atoms with Crippen LogP contribution in [0.2, 0.25) is 0 Å². The summed E-state index contributed by atoms with van der Waals surface area (Å²) < 4.78 is 32.8. The Labute approximate surface area is 134 Å². The fraction of sp³-hybridized carbons (Fsp3) is 0.562. The van der Waals surface area contributed by atoms with Crippen LogP contribution in [0.15, 0.2) is 32.3 Å². The zero-order valence-corrected chi connectivity index (χ0v) is 13.6. The SMILES string of the molecule is O=c1[nH]c2ccc(S(=O)(=O)N3CCCC3C3CCCC3)cc2o1. The summed E-state index contributed by atoms with van der Waals surface area (Å²) in [4.78, 5) is 14.0. The molecule has 4 rings (SSSR count). The molecule has 0 radical (unpaired) electrons. The molecule has 124 valence electrons. The largest absolute Gasteiger partial charge is 0.417 e. The lowest BCUT2D eigenvalue weighted by Crippen LogP contribution is -2.39. The first kappa shape index (κ1) is 15.0. The maximum Gasteiger partial charge on any atom is 0.417 e. The van der Waals surface area contributed by atoms with Gasteiger partial charge in [0.05, 0.1) is 10.4 Å². The first-order valence-corrected chi connectivity index (χ1v) is 9.64. The van der Waals surface area contributed by atoms with E-state index in [0.717, 1.165) is 25.7 Å². The zero-order chi connectivity index (χ0) is 16.0. The average molecular weight is 336 g/mol. The molecule has 7 heteroatoms. The number of hydrogen-bond acceptors (Lipinski definition) is 4. The van der Waals surface area contributed by atoms with Crippen LogP contribution in [-0.2, 0) is 10.0 Å². The van der Waals surface area contributed by atoms with Crippen molar-refractivity contribution in [3.8, 4) is 0 Å². The van der Waals surface area contributed by atoms with Gasteiger partial charge in [-0.25, -0.2) is 13.2 Å². The number of hydrogen-bond donors (Lipinski definition) is 1. The number of oxazole rings is 1. The number of rotatable bonds is 3. The van der Waals surface area contributed by atoms with E-state index in [1.165, 1.54) is 18.9 Å². The van der Waals surface area contributed by atoms with Gasteiger partial charge in [0.15, 0.2) is 5.58 Å². The van der Waals surface area contributed by atoms with Crippen molar-refractivity contribution in [3.05, 3.63) is 28.7 Å². The van der Waals surface area contributed by atoms with Crippen LogP contribution in [0.25, 0.3) is 11.1 Å². The monoisotopic (exact) mass is 336 g/mol. The second-order valence-electron chi connectivity index (χ2n) is 6.54. The maximum atomic E-state index is 13.0. The Kier molecular flexibility index (Phi) is 3.57. The lowest BCUT2D eigenvalue weighted by molar-refractivity contribution is 0.288. The molecule has 1 unspecified atom stereocenters. The van der Waals surface area contributed by atoms with Crippen molar-refractivity contribution in [2.45, 2.75) is 49.5 Å². The third-order valence-corrected chi connectivity index (χ3v) is 7.11. The Hall–Kier alpha value is -1.60. The van der Waals surface area contributed by atoms with Gasteiger partial charge in [-0.05, 0) is 43.7 Å². The number of nitrogens with one attached hydrogen (secondary N) is 1. The van der Waals surface area contributed by atoms with Gasteiger partial charge in [0, 0.05) is 18.7 Å². The van der Waals surface area contributed by atoms with E-state index in [4.69, 9.17) is 4.42 Å². The second kappa shape index (κ2) is 5.49. The predicted molar refractivity (Wildman–Crippen MR) is 85.7 cm³/mol. The van der Waals surface area contributed by atoms with Crippen LogP contribution in [0, 0.1) is 5.92 Å². The van der Waals surface area contributed by atoms with Crippen LogP contribution in [0.5, 0.6) is 0 Å². The second-order valence-corrected chi connectivity index (χ2v) is 8.43. The van der Waals surface area contributed by atoms with E-state index in [2.05, 4.69) is 4.98 Å². The van der Waals surface area contributed by atoms with E-state index in [1.54, 1.807) is 16.4 Å². The number of H-pyrrole nitrogens is 1. The predicted octanol–water partition coefficient (Wildman–Crippen LogP) is 2.46. The summed E-state index contributed by atoms with van der Waals surface area (Å²) in [6.45, 7) is 0.582. The Balaban J connectivity index is 1.71. The van der Waals surface area contributed by atoms with Crippen molar-refractivity contribution in [2.24, 2.45) is 5.92 Å². The molecule has 1 aliphatic heterocycles. The molecular weight excluding hydrogens is 316 g/mol. The van der Waals surface area contributed by atoms with Crippen molar-refractivity contribution in [1.29, 1.82) is 0 Å². The smallest absolute Gasteiger partial charge is 0.408 e. The van der Waals surface area contributed by atoms with Gasteiger partial charge in [-0.3, -0.25) is 4.98 Å². The van der Waals surface area contributed by atoms with Crippen molar-refractivity contribution < 1.29 is 12.8 Å². The summed E-state index contributed by atoms with van der Waals surface area (Å²) in [6, 6.07) is 4.71. The van der Waals surface area contributed by atoms with Crippen LogP contribution >= 0.6 is 0 Å². The Morgan fingerprint density at radius 1 is 1.13 bits per heavy atom. The van der Waals surface area contributed by atoms with Gasteiger partial charge in [0.1, 0.15) is 0 Å². The molecule has 2 fully saturated rings. The summed E-state index contributed by atoms with van der Waals surface area (Å²) >= 11 is 0. The molecule has 1 saturated heterocycles. The third kappa shape index (κ3) is 2.52. The highest BCUT2D eigenvalue weighted by atomic mass is 32.2. The highest BCUT2D eigenvalue weighted by Gasteiger charge is 2.40. The Morgan fingerprint density at radius 3 is 2.70 bits per heavy atom. The Bertz CT molecular complexity index is 877. The number of aromatic nitrogens is 1. The molecule has 6 nitrogen and oxygen atoms in total. The van der Waals surface area contributed by atoms with Crippen LogP contribution in [0.3, 0.4) is 0 Å². The molecule has 1 aliphatic carbocycles. The van der Waals surface area contributed by atoms with Crippen molar-refractivity contribution in [1.82, 2.24) is 9.29 Å². The van der Waals surface area contributed by atoms with E-state index in [9.17, 15) is 13.2 Å². The van der Waals surface area contributed by atoms with Crippen LogP contribution in [-0.4, -0.2) is 30.3 Å². The summed E-state index contributed by atoms with van der Waals surface area (Å²) in [7, 11) is -3.55. The molecule has 23 heavy (non-hydrogen) atoms. The summed E-state index contributed by atoms with van der Waals surface area (Å²) in [6.07, 6.45) is 6.53. The minimum absolute atomic E-state index is 0.122. The van der Waals surface area contributed by atoms with Gasteiger partial charge in [-0.1, -0.05) is 12.8 Å². The van der Waals surface area contributed by atoms with Crippen LogP contribution in [0.4, 0.5) is 0 Å². The first-order valence-electron chi connectivity index (χ1n) is 8.20. The van der Waals surface area contributed by atoms with Gasteiger partial charge < -0.3 is 4.42 Å².